The molecule has 0 spiro atoms. The average molecular weight is 289 g/mol. The van der Waals surface area contributed by atoms with Gasteiger partial charge in [-0.25, -0.2) is 0 Å². The number of hydrogen-bond acceptors (Lipinski definition) is 4. The smallest absolute Gasteiger partial charge is 0.463 e. The molecule has 0 saturated heterocycles. The first-order chi connectivity index (χ1) is 5.89. The number of hydrogen-bond donors (Lipinski definition) is 0. The predicted molar refractivity (Wildman–Crippen MR) is 56.5 cm³/mol. The Hall–Kier alpha value is 1.10. The van der Waals surface area contributed by atoms with Crippen molar-refractivity contribution < 1.29 is 67.7 Å². The van der Waals surface area contributed by atoms with E-state index in [2.05, 4.69) is 10.3 Å². The van der Waals surface area contributed by atoms with E-state index in [0.29, 0.717) is 5.17 Å². The van der Waals surface area contributed by atoms with Crippen molar-refractivity contribution in [3.8, 4) is 0 Å². The molecule has 0 fully saturated rings. The Morgan fingerprint density at radius 3 is 2.21 bits per heavy atom. The van der Waals surface area contributed by atoms with Crippen LogP contribution >= 0.6 is 11.8 Å². The van der Waals surface area contributed by atoms with Crippen molar-refractivity contribution in [2.75, 3.05) is 13.3 Å². The van der Waals surface area contributed by atoms with Crippen LogP contribution in [0.15, 0.2) is 4.99 Å². The Balaban J connectivity index is 0. The van der Waals surface area contributed by atoms with E-state index in [4.69, 9.17) is 4.74 Å². The number of carbonyl (C=O) groups excluding carboxylic acids is 1. The van der Waals surface area contributed by atoms with E-state index in [1.165, 1.54) is 11.8 Å². The first-order valence-electron chi connectivity index (χ1n) is 3.84. The molecule has 1 amide bonds. The van der Waals surface area contributed by atoms with Crippen LogP contribution in [0, 0.1) is 0 Å². The van der Waals surface area contributed by atoms with Crippen LogP contribution in [-0.4, -0.2) is 30.2 Å². The number of aliphatic imine (C=N–C) groups is 1. The molecule has 6 heteroatoms. The van der Waals surface area contributed by atoms with Crippen LogP contribution in [-0.2, 0) is 4.74 Å². The summed E-state index contributed by atoms with van der Waals surface area (Å²) in [5, 5.41) is 4.08. The van der Waals surface area contributed by atoms with Gasteiger partial charge >= 0.3 is 64.3 Å². The Bertz CT molecular complexity index is 214. The summed E-state index contributed by atoms with van der Waals surface area (Å²) in [6.45, 7) is 5.38. The molecule has 0 aliphatic heterocycles. The van der Waals surface area contributed by atoms with Crippen molar-refractivity contribution in [1.29, 1.82) is 0 Å². The van der Waals surface area contributed by atoms with Crippen LogP contribution < -0.4 is 58.2 Å². The topological polar surface area (TPSA) is 52.8 Å². The summed E-state index contributed by atoms with van der Waals surface area (Å²) in [4.78, 5) is 14.9. The molecular weight excluding hydrogens is 274 g/mol. The van der Waals surface area contributed by atoms with Crippen molar-refractivity contribution in [2.45, 2.75) is 26.4 Å². The minimum atomic E-state index is -0.595. The van der Waals surface area contributed by atoms with Gasteiger partial charge in [0.25, 0.3) is 0 Å². The van der Waals surface area contributed by atoms with E-state index >= 15 is 0 Å². The molecule has 0 aliphatic carbocycles. The van der Waals surface area contributed by atoms with Crippen molar-refractivity contribution in [2.24, 2.45) is 4.99 Å². The number of amidine groups is 1. The van der Waals surface area contributed by atoms with Gasteiger partial charge in [-0.1, -0.05) is 7.05 Å². The van der Waals surface area contributed by atoms with E-state index < -0.39 is 11.7 Å². The fraction of sp³-hybridized carbons (Fsp3) is 0.750. The van der Waals surface area contributed by atoms with Gasteiger partial charge in [-0.15, -0.1) is 11.8 Å². The van der Waals surface area contributed by atoms with E-state index in [1.807, 2.05) is 0 Å². The van der Waals surface area contributed by atoms with Gasteiger partial charge in [-0.3, -0.25) is 4.79 Å². The Labute approximate surface area is 138 Å². The monoisotopic (exact) mass is 288 g/mol. The molecule has 0 aliphatic rings. The average Bonchev–Trinajstić information content (AvgIpc) is 1.96. The molecule has 0 atom stereocenters. The van der Waals surface area contributed by atoms with Crippen LogP contribution in [0.4, 0.5) is 4.79 Å². The molecule has 4 nitrogen and oxygen atoms in total. The summed E-state index contributed by atoms with van der Waals surface area (Å²) in [5.74, 6) is 0. The van der Waals surface area contributed by atoms with Crippen molar-refractivity contribution in [3.63, 3.8) is 0 Å². The summed E-state index contributed by atoms with van der Waals surface area (Å²) in [7, 11) is 1.58. The summed E-state index contributed by atoms with van der Waals surface area (Å²) < 4.78 is 4.97. The van der Waals surface area contributed by atoms with Crippen LogP contribution in [0.2, 0.25) is 0 Å². The second-order valence-corrected chi connectivity index (χ2v) is 4.08. The predicted octanol–water partition coefficient (Wildman–Crippen LogP) is -0.352. The first kappa shape index (κ1) is 17.5. The third kappa shape index (κ3) is 9.64. The normalized spacial score (nSPS) is 11.6. The van der Waals surface area contributed by atoms with Gasteiger partial charge in [0.15, 0.2) is 0 Å². The van der Waals surface area contributed by atoms with E-state index in [9.17, 15) is 4.79 Å². The van der Waals surface area contributed by atoms with E-state index in [-0.39, 0.29) is 58.2 Å². The summed E-state index contributed by atoms with van der Waals surface area (Å²) in [5.41, 5.74) is -0.502. The molecule has 14 heavy (non-hydrogen) atoms. The second-order valence-electron chi connectivity index (χ2n) is 3.30. The maximum Gasteiger partial charge on any atom is 1.00 e. The number of carbonyl (C=O) groups is 1. The van der Waals surface area contributed by atoms with Crippen molar-refractivity contribution in [3.05, 3.63) is 5.32 Å². The molecular formula is C8H15N2O2RbS. The molecule has 0 N–H and O–H groups in total. The summed E-state index contributed by atoms with van der Waals surface area (Å²) >= 11 is 1.31. The zero-order valence-corrected chi connectivity index (χ0v) is 15.4. The van der Waals surface area contributed by atoms with Crippen LogP contribution in [0.1, 0.15) is 20.8 Å². The summed E-state index contributed by atoms with van der Waals surface area (Å²) in [6.07, 6.45) is 1.21. The largest absolute Gasteiger partial charge is 1.00 e. The van der Waals surface area contributed by atoms with Gasteiger partial charge < -0.3 is 15.0 Å². The molecule has 0 rings (SSSR count). The molecule has 0 bridgehead atoms. The number of ether oxygens (including phenoxy) is 1. The van der Waals surface area contributed by atoms with Gasteiger partial charge in [0.05, 0.1) is 0 Å². The third-order valence-corrected chi connectivity index (χ3v) is 1.59. The van der Waals surface area contributed by atoms with Gasteiger partial charge in [0, 0.05) is 0 Å². The van der Waals surface area contributed by atoms with Crippen LogP contribution in [0.5, 0.6) is 0 Å². The molecule has 0 heterocycles. The second kappa shape index (κ2) is 8.27. The molecule has 0 unspecified atom stereocenters. The minimum absolute atomic E-state index is 0. The maximum atomic E-state index is 11.1. The summed E-state index contributed by atoms with van der Waals surface area (Å²) in [6, 6.07) is 0. The first-order valence-corrected chi connectivity index (χ1v) is 5.07. The number of nitrogens with zero attached hydrogens (tertiary/aromatic N) is 2. The van der Waals surface area contributed by atoms with E-state index in [0.717, 1.165) is 0 Å². The van der Waals surface area contributed by atoms with Crippen molar-refractivity contribution in [1.82, 2.24) is 0 Å². The Kier molecular flexibility index (Phi) is 10.3. The number of rotatable bonds is 0. The zero-order chi connectivity index (χ0) is 10.5. The molecule has 0 aromatic heterocycles. The maximum absolute atomic E-state index is 11.1. The Morgan fingerprint density at radius 2 is 1.93 bits per heavy atom. The van der Waals surface area contributed by atoms with Crippen molar-refractivity contribution >= 4 is 23.0 Å². The molecule has 0 saturated carbocycles. The zero-order valence-electron chi connectivity index (χ0n) is 9.62. The third-order valence-electron chi connectivity index (χ3n) is 0.954. The molecule has 0 aromatic carbocycles. The van der Waals surface area contributed by atoms with Crippen LogP contribution in [0.3, 0.4) is 0 Å². The van der Waals surface area contributed by atoms with Gasteiger partial charge in [0.2, 0.25) is 0 Å². The van der Waals surface area contributed by atoms with Crippen LogP contribution in [0.25, 0.3) is 5.32 Å². The number of amides is 1. The van der Waals surface area contributed by atoms with Gasteiger partial charge in [0.1, 0.15) is 5.60 Å². The standard InChI is InChI=1S/C8H16N2O2S.Rb/c1-8(2,3)12-7(11)10-6(9-4)13-5;/h1-5H3,(H,9,10,11);/q;+1/p-1. The minimum Gasteiger partial charge on any atom is -0.463 e. The van der Waals surface area contributed by atoms with Gasteiger partial charge in [-0.05, 0) is 32.2 Å². The molecule has 76 valence electrons. The SMILES string of the molecule is CN=C([N-]C(=O)OC(C)(C)C)SC.[Rb+]. The quantitative estimate of drug-likeness (QED) is 0.452. The van der Waals surface area contributed by atoms with E-state index in [1.54, 1.807) is 34.1 Å². The van der Waals surface area contributed by atoms with Gasteiger partial charge in [-0.2, -0.15) is 0 Å². The fourth-order valence-electron chi connectivity index (χ4n) is 0.550. The molecule has 0 radical (unpaired) electrons. The number of thioether (sulfide) groups is 1. The fourth-order valence-corrected chi connectivity index (χ4v) is 0.898. The Morgan fingerprint density at radius 1 is 1.43 bits per heavy atom. The molecule has 0 aromatic rings.